The number of nitrogens with one attached hydrogen (secondary N) is 1. The first-order chi connectivity index (χ1) is 21.6. The summed E-state index contributed by atoms with van der Waals surface area (Å²) in [6.45, 7) is -2.09. The number of alkyl halides is 2. The Morgan fingerprint density at radius 2 is 1.76 bits per heavy atom. The van der Waals surface area contributed by atoms with Crippen LogP contribution in [0.3, 0.4) is 0 Å². The van der Waals surface area contributed by atoms with Gasteiger partial charge < -0.3 is 34.2 Å². The van der Waals surface area contributed by atoms with E-state index in [0.29, 0.717) is 41.3 Å². The van der Waals surface area contributed by atoms with Crippen LogP contribution >= 0.6 is 23.2 Å². The summed E-state index contributed by atoms with van der Waals surface area (Å²) >= 11 is 12.7. The largest absolute Gasteiger partial charge is 0.619 e. The van der Waals surface area contributed by atoms with Crippen molar-refractivity contribution in [1.29, 1.82) is 0 Å². The van der Waals surface area contributed by atoms with Crippen molar-refractivity contribution in [3.05, 3.63) is 80.7 Å². The minimum atomic E-state index is -3.09. The Labute approximate surface area is 267 Å². The number of carbonyl (C=O) groups excluding carboxylic acids is 2. The van der Waals surface area contributed by atoms with Crippen LogP contribution in [0.4, 0.5) is 8.78 Å². The van der Waals surface area contributed by atoms with E-state index >= 15 is 0 Å². The Hall–Kier alpha value is -3.87. The van der Waals surface area contributed by atoms with E-state index in [1.807, 2.05) is 0 Å². The summed E-state index contributed by atoms with van der Waals surface area (Å²) in [5, 5.41) is 15.0. The molecular weight excluding hydrogens is 637 g/mol. The molecule has 2 fully saturated rings. The molecule has 1 aliphatic heterocycles. The van der Waals surface area contributed by atoms with Gasteiger partial charge in [-0.05, 0) is 74.0 Å². The van der Waals surface area contributed by atoms with Crippen molar-refractivity contribution < 1.29 is 46.8 Å². The maximum Gasteiger partial charge on any atom is 0.387 e. The van der Waals surface area contributed by atoms with Gasteiger partial charge in [-0.25, -0.2) is 9.59 Å². The average molecular weight is 667 g/mol. The highest BCUT2D eigenvalue weighted by Crippen LogP contribution is 2.38. The molecule has 1 aliphatic carbocycles. The van der Waals surface area contributed by atoms with Crippen LogP contribution in [0.15, 0.2) is 48.8 Å². The Balaban J connectivity index is 1.46. The van der Waals surface area contributed by atoms with Gasteiger partial charge in [0.1, 0.15) is 22.2 Å². The third-order valence-electron chi connectivity index (χ3n) is 7.38. The van der Waals surface area contributed by atoms with Crippen molar-refractivity contribution in [3.8, 4) is 23.0 Å². The smallest absolute Gasteiger partial charge is 0.387 e. The molecule has 240 valence electrons. The predicted octanol–water partition coefficient (Wildman–Crippen LogP) is 5.82. The molecule has 0 amide bonds. The average Bonchev–Trinajstić information content (AvgIpc) is 3.66. The van der Waals surface area contributed by atoms with Crippen LogP contribution in [0.25, 0.3) is 0 Å². The lowest BCUT2D eigenvalue weighted by Gasteiger charge is -2.22. The van der Waals surface area contributed by atoms with Crippen molar-refractivity contribution in [2.75, 3.05) is 20.3 Å². The predicted molar refractivity (Wildman–Crippen MR) is 158 cm³/mol. The summed E-state index contributed by atoms with van der Waals surface area (Å²) < 4.78 is 54.0. The number of nitrogens with zero attached hydrogens (tertiary/aromatic N) is 1. The number of methoxy groups -OCH3 is 1. The zero-order valence-corrected chi connectivity index (χ0v) is 25.6. The maximum absolute atomic E-state index is 13.6. The van der Waals surface area contributed by atoms with Crippen LogP contribution < -0.4 is 29.0 Å². The standard InChI is InChI=1S/C31H30Cl2F2N2O8/c1-41-24-8-7-19(12-28(24)44-30(39)23-3-2-10-36-23)29(38)43-26(13-20-21(32)14-37(40)15-22(20)33)18-6-9-25(45-31(34)35)27(11-18)42-16-17-4-5-17/h6-9,11-12,14-15,17,23,26,31,36H,2-5,10,13,16H2,1H3. The molecule has 0 bridgehead atoms. The Morgan fingerprint density at radius 3 is 2.40 bits per heavy atom. The van der Waals surface area contributed by atoms with E-state index in [0.717, 1.165) is 31.7 Å². The lowest BCUT2D eigenvalue weighted by atomic mass is 10.0. The molecule has 5 rings (SSSR count). The Kier molecular flexibility index (Phi) is 10.5. The maximum atomic E-state index is 13.6. The number of carbonyl (C=O) groups is 2. The molecule has 2 heterocycles. The number of hydrogen-bond donors (Lipinski definition) is 1. The summed E-state index contributed by atoms with van der Waals surface area (Å²) in [7, 11) is 1.40. The SMILES string of the molecule is COc1ccc(C(=O)OC(Cc2c(Cl)c[n+]([O-])cc2Cl)c2ccc(OC(F)F)c(OCC3CC3)c2)cc1OC(=O)C1CCCN1. The number of ether oxygens (including phenoxy) is 5. The summed E-state index contributed by atoms with van der Waals surface area (Å²) in [5.41, 5.74) is 0.702. The number of benzene rings is 2. The third kappa shape index (κ3) is 8.44. The van der Waals surface area contributed by atoms with Gasteiger partial charge in [0.2, 0.25) is 0 Å². The highest BCUT2D eigenvalue weighted by molar-refractivity contribution is 6.35. The van der Waals surface area contributed by atoms with Gasteiger partial charge in [-0.3, -0.25) is 0 Å². The first kappa shape index (κ1) is 32.5. The van der Waals surface area contributed by atoms with Crippen LogP contribution in [0, 0.1) is 11.1 Å². The molecule has 45 heavy (non-hydrogen) atoms. The number of esters is 2. The van der Waals surface area contributed by atoms with E-state index in [9.17, 15) is 23.6 Å². The number of aromatic nitrogens is 1. The van der Waals surface area contributed by atoms with Crippen LogP contribution in [0.5, 0.6) is 23.0 Å². The minimum absolute atomic E-state index is 0.0283. The molecule has 10 nitrogen and oxygen atoms in total. The van der Waals surface area contributed by atoms with Gasteiger partial charge in [0.25, 0.3) is 0 Å². The quantitative estimate of drug-likeness (QED) is 0.104. The molecule has 1 N–H and O–H groups in total. The second kappa shape index (κ2) is 14.5. The molecule has 1 saturated heterocycles. The van der Waals surface area contributed by atoms with Gasteiger partial charge in [0, 0.05) is 12.0 Å². The minimum Gasteiger partial charge on any atom is -0.619 e. The Morgan fingerprint density at radius 1 is 1.02 bits per heavy atom. The van der Waals surface area contributed by atoms with Crippen molar-refractivity contribution in [2.24, 2.45) is 5.92 Å². The van der Waals surface area contributed by atoms with E-state index in [4.69, 9.17) is 42.1 Å². The third-order valence-corrected chi connectivity index (χ3v) is 8.03. The monoisotopic (exact) mass is 666 g/mol. The molecule has 0 radical (unpaired) electrons. The normalized spacial score (nSPS) is 16.7. The molecule has 2 aliphatic rings. The highest BCUT2D eigenvalue weighted by atomic mass is 35.5. The van der Waals surface area contributed by atoms with Crippen molar-refractivity contribution in [2.45, 2.75) is 50.9 Å². The van der Waals surface area contributed by atoms with Gasteiger partial charge in [0.05, 0.1) is 19.3 Å². The number of halogens is 4. The molecule has 1 saturated carbocycles. The van der Waals surface area contributed by atoms with E-state index < -0.39 is 30.7 Å². The van der Waals surface area contributed by atoms with Gasteiger partial charge in [-0.1, -0.05) is 29.3 Å². The van der Waals surface area contributed by atoms with Crippen LogP contribution in [0.2, 0.25) is 10.0 Å². The fourth-order valence-corrected chi connectivity index (χ4v) is 5.41. The van der Waals surface area contributed by atoms with Gasteiger partial charge in [-0.2, -0.15) is 13.5 Å². The molecule has 0 spiro atoms. The van der Waals surface area contributed by atoms with Crippen LogP contribution in [-0.4, -0.2) is 44.9 Å². The second-order valence-corrected chi connectivity index (χ2v) is 11.5. The molecule has 2 unspecified atom stereocenters. The van der Waals surface area contributed by atoms with Gasteiger partial charge in [0.15, 0.2) is 35.4 Å². The zero-order valence-electron chi connectivity index (χ0n) is 24.1. The molecule has 2 aromatic carbocycles. The molecule has 1 aromatic heterocycles. The molecule has 2 atom stereocenters. The van der Waals surface area contributed by atoms with E-state index in [1.165, 1.54) is 43.5 Å². The van der Waals surface area contributed by atoms with Crippen molar-refractivity contribution in [1.82, 2.24) is 5.32 Å². The fraction of sp³-hybridized carbons (Fsp3) is 0.387. The van der Waals surface area contributed by atoms with E-state index in [2.05, 4.69) is 10.1 Å². The lowest BCUT2D eigenvalue weighted by molar-refractivity contribution is -0.605. The molecule has 3 aromatic rings. The zero-order chi connectivity index (χ0) is 32.1. The second-order valence-electron chi connectivity index (χ2n) is 10.7. The molecular formula is C31H30Cl2F2N2O8. The summed E-state index contributed by atoms with van der Waals surface area (Å²) in [5.74, 6) is -0.887. The van der Waals surface area contributed by atoms with Crippen molar-refractivity contribution in [3.63, 3.8) is 0 Å². The van der Waals surface area contributed by atoms with E-state index in [1.54, 1.807) is 0 Å². The number of rotatable bonds is 13. The lowest BCUT2D eigenvalue weighted by Crippen LogP contribution is -2.34. The fourth-order valence-electron chi connectivity index (χ4n) is 4.81. The number of hydrogen-bond acceptors (Lipinski definition) is 9. The highest BCUT2D eigenvalue weighted by Gasteiger charge is 2.28. The summed E-state index contributed by atoms with van der Waals surface area (Å²) in [6.07, 6.45) is 4.41. The summed E-state index contributed by atoms with van der Waals surface area (Å²) in [4.78, 5) is 26.2. The first-order valence-electron chi connectivity index (χ1n) is 14.2. The number of pyridine rings is 1. The summed E-state index contributed by atoms with van der Waals surface area (Å²) in [6, 6.07) is 7.96. The van der Waals surface area contributed by atoms with E-state index in [-0.39, 0.29) is 45.0 Å². The molecule has 14 heteroatoms. The Bertz CT molecular complexity index is 1530. The van der Waals surface area contributed by atoms with Gasteiger partial charge >= 0.3 is 18.6 Å². The topological polar surface area (TPSA) is 119 Å². The van der Waals surface area contributed by atoms with Crippen molar-refractivity contribution >= 4 is 35.1 Å². The first-order valence-corrected chi connectivity index (χ1v) is 15.0. The van der Waals surface area contributed by atoms with Gasteiger partial charge in [-0.15, -0.1) is 0 Å². The van der Waals surface area contributed by atoms with Crippen LogP contribution in [0.1, 0.15) is 53.3 Å². The van der Waals surface area contributed by atoms with Crippen LogP contribution in [-0.2, 0) is 16.0 Å².